The number of hydrogen-bond acceptors (Lipinski definition) is 2. The van der Waals surface area contributed by atoms with E-state index in [4.69, 9.17) is 5.73 Å². The van der Waals surface area contributed by atoms with Crippen LogP contribution >= 0.6 is 15.9 Å². The van der Waals surface area contributed by atoms with E-state index in [0.717, 1.165) is 15.7 Å². The van der Waals surface area contributed by atoms with Gasteiger partial charge in [-0.2, -0.15) is 0 Å². The summed E-state index contributed by atoms with van der Waals surface area (Å²) in [6.07, 6.45) is 1.80. The van der Waals surface area contributed by atoms with Crippen LogP contribution in [0.5, 0.6) is 0 Å². The zero-order valence-electron chi connectivity index (χ0n) is 8.21. The first-order valence-electron chi connectivity index (χ1n) is 4.40. The van der Waals surface area contributed by atoms with Gasteiger partial charge in [0.1, 0.15) is 0 Å². The van der Waals surface area contributed by atoms with E-state index in [0.29, 0.717) is 5.92 Å². The Hall–Kier alpha value is -0.410. The van der Waals surface area contributed by atoms with E-state index < -0.39 is 0 Å². The molecule has 0 saturated heterocycles. The Morgan fingerprint density at radius 2 is 2.08 bits per heavy atom. The Bertz CT molecular complexity index is 297. The van der Waals surface area contributed by atoms with Crippen molar-refractivity contribution in [2.75, 3.05) is 0 Å². The highest BCUT2D eigenvalue weighted by molar-refractivity contribution is 9.10. The van der Waals surface area contributed by atoms with Crippen LogP contribution in [0.3, 0.4) is 0 Å². The minimum absolute atomic E-state index is 0.0353. The number of aryl methyl sites for hydroxylation is 1. The van der Waals surface area contributed by atoms with Gasteiger partial charge in [-0.3, -0.25) is 4.98 Å². The Labute approximate surface area is 87.7 Å². The summed E-state index contributed by atoms with van der Waals surface area (Å²) in [5, 5.41) is 0. The van der Waals surface area contributed by atoms with Gasteiger partial charge in [-0.1, -0.05) is 13.8 Å². The first kappa shape index (κ1) is 10.7. The molecule has 0 aliphatic carbocycles. The van der Waals surface area contributed by atoms with Crippen LogP contribution < -0.4 is 5.73 Å². The SMILES string of the molecule is Cc1cc(Br)cnc1C(N)C(C)C. The summed E-state index contributed by atoms with van der Waals surface area (Å²) in [6, 6.07) is 2.08. The molecule has 0 aliphatic rings. The van der Waals surface area contributed by atoms with Crippen LogP contribution in [-0.2, 0) is 0 Å². The zero-order valence-corrected chi connectivity index (χ0v) is 9.80. The van der Waals surface area contributed by atoms with E-state index >= 15 is 0 Å². The van der Waals surface area contributed by atoms with Crippen molar-refractivity contribution in [3.8, 4) is 0 Å². The molecule has 0 aliphatic heterocycles. The van der Waals surface area contributed by atoms with E-state index in [1.54, 1.807) is 6.20 Å². The molecule has 0 saturated carbocycles. The molecule has 0 bridgehead atoms. The molecule has 0 amide bonds. The predicted octanol–water partition coefficient (Wildman–Crippen LogP) is 2.81. The van der Waals surface area contributed by atoms with Crippen LogP contribution in [0.4, 0.5) is 0 Å². The third-order valence-corrected chi connectivity index (χ3v) is 2.55. The third kappa shape index (κ3) is 2.51. The van der Waals surface area contributed by atoms with Crippen molar-refractivity contribution >= 4 is 15.9 Å². The molecular weight excluding hydrogens is 228 g/mol. The van der Waals surface area contributed by atoms with Gasteiger partial charge in [-0.15, -0.1) is 0 Å². The van der Waals surface area contributed by atoms with E-state index in [1.807, 2.05) is 13.0 Å². The molecule has 2 N–H and O–H groups in total. The smallest absolute Gasteiger partial charge is 0.0603 e. The maximum atomic E-state index is 6.01. The van der Waals surface area contributed by atoms with Gasteiger partial charge in [0.2, 0.25) is 0 Å². The lowest BCUT2D eigenvalue weighted by Crippen LogP contribution is -2.19. The van der Waals surface area contributed by atoms with Crippen LogP contribution in [0, 0.1) is 12.8 Å². The fourth-order valence-electron chi connectivity index (χ4n) is 1.22. The van der Waals surface area contributed by atoms with Gasteiger partial charge < -0.3 is 5.73 Å². The van der Waals surface area contributed by atoms with Crippen molar-refractivity contribution in [2.45, 2.75) is 26.8 Å². The maximum Gasteiger partial charge on any atom is 0.0603 e. The number of pyridine rings is 1. The fourth-order valence-corrected chi connectivity index (χ4v) is 1.66. The van der Waals surface area contributed by atoms with Crippen molar-refractivity contribution in [2.24, 2.45) is 11.7 Å². The summed E-state index contributed by atoms with van der Waals surface area (Å²) < 4.78 is 1.00. The predicted molar refractivity (Wildman–Crippen MR) is 58.4 cm³/mol. The molecule has 1 heterocycles. The second kappa shape index (κ2) is 4.20. The summed E-state index contributed by atoms with van der Waals surface area (Å²) in [4.78, 5) is 4.33. The summed E-state index contributed by atoms with van der Waals surface area (Å²) in [5.41, 5.74) is 8.16. The molecule has 0 radical (unpaired) electrons. The van der Waals surface area contributed by atoms with Crippen molar-refractivity contribution in [1.82, 2.24) is 4.98 Å². The van der Waals surface area contributed by atoms with Gasteiger partial charge >= 0.3 is 0 Å². The molecule has 72 valence electrons. The molecule has 0 fully saturated rings. The quantitative estimate of drug-likeness (QED) is 0.867. The molecule has 1 rings (SSSR count). The second-order valence-corrected chi connectivity index (χ2v) is 4.54. The molecule has 13 heavy (non-hydrogen) atoms. The molecule has 2 nitrogen and oxygen atoms in total. The average molecular weight is 243 g/mol. The highest BCUT2D eigenvalue weighted by Gasteiger charge is 2.13. The lowest BCUT2D eigenvalue weighted by molar-refractivity contribution is 0.500. The highest BCUT2D eigenvalue weighted by atomic mass is 79.9. The zero-order chi connectivity index (χ0) is 10.0. The first-order chi connectivity index (χ1) is 6.02. The molecule has 1 aromatic heterocycles. The van der Waals surface area contributed by atoms with Gasteiger partial charge in [-0.25, -0.2) is 0 Å². The number of nitrogens with zero attached hydrogens (tertiary/aromatic N) is 1. The first-order valence-corrected chi connectivity index (χ1v) is 5.19. The number of hydrogen-bond donors (Lipinski definition) is 1. The number of halogens is 1. The molecule has 1 atom stereocenters. The van der Waals surface area contributed by atoms with Crippen LogP contribution in [-0.4, -0.2) is 4.98 Å². The van der Waals surface area contributed by atoms with E-state index in [2.05, 4.69) is 34.8 Å². The monoisotopic (exact) mass is 242 g/mol. The van der Waals surface area contributed by atoms with Crippen LogP contribution in [0.1, 0.15) is 31.1 Å². The standard InChI is InChI=1S/C10H15BrN2/c1-6(2)9(12)10-7(3)4-8(11)5-13-10/h4-6,9H,12H2,1-3H3. The number of nitrogens with two attached hydrogens (primary N) is 1. The molecule has 1 unspecified atom stereocenters. The largest absolute Gasteiger partial charge is 0.322 e. The van der Waals surface area contributed by atoms with Gasteiger partial charge in [0.25, 0.3) is 0 Å². The van der Waals surface area contributed by atoms with E-state index in [1.165, 1.54) is 0 Å². The topological polar surface area (TPSA) is 38.9 Å². The minimum Gasteiger partial charge on any atom is -0.322 e. The molecule has 1 aromatic rings. The van der Waals surface area contributed by atoms with Crippen molar-refractivity contribution < 1.29 is 0 Å². The lowest BCUT2D eigenvalue weighted by atomic mass is 9.98. The fraction of sp³-hybridized carbons (Fsp3) is 0.500. The normalized spacial score (nSPS) is 13.4. The van der Waals surface area contributed by atoms with E-state index in [-0.39, 0.29) is 6.04 Å². The Kier molecular flexibility index (Phi) is 3.45. The van der Waals surface area contributed by atoms with Crippen molar-refractivity contribution in [3.63, 3.8) is 0 Å². The Morgan fingerprint density at radius 3 is 2.54 bits per heavy atom. The van der Waals surface area contributed by atoms with Gasteiger partial charge in [0.05, 0.1) is 5.69 Å². The maximum absolute atomic E-state index is 6.01. The average Bonchev–Trinajstić information content (AvgIpc) is 2.03. The molecular formula is C10H15BrN2. The lowest BCUT2D eigenvalue weighted by Gasteiger charge is -2.16. The molecule has 0 spiro atoms. The van der Waals surface area contributed by atoms with Crippen LogP contribution in [0.15, 0.2) is 16.7 Å². The highest BCUT2D eigenvalue weighted by Crippen LogP contribution is 2.22. The van der Waals surface area contributed by atoms with Gasteiger partial charge in [-0.05, 0) is 40.4 Å². The van der Waals surface area contributed by atoms with Crippen molar-refractivity contribution in [1.29, 1.82) is 0 Å². The minimum atomic E-state index is 0.0353. The Balaban J connectivity index is 3.01. The number of rotatable bonds is 2. The molecule has 0 aromatic carbocycles. The van der Waals surface area contributed by atoms with Crippen molar-refractivity contribution in [3.05, 3.63) is 28.0 Å². The summed E-state index contributed by atoms with van der Waals surface area (Å²) >= 11 is 3.38. The van der Waals surface area contributed by atoms with Crippen LogP contribution in [0.25, 0.3) is 0 Å². The second-order valence-electron chi connectivity index (χ2n) is 3.63. The Morgan fingerprint density at radius 1 is 1.46 bits per heavy atom. The van der Waals surface area contributed by atoms with Crippen LogP contribution in [0.2, 0.25) is 0 Å². The summed E-state index contributed by atoms with van der Waals surface area (Å²) in [5.74, 6) is 0.423. The summed E-state index contributed by atoms with van der Waals surface area (Å²) in [7, 11) is 0. The summed E-state index contributed by atoms with van der Waals surface area (Å²) in [6.45, 7) is 6.25. The molecule has 3 heteroatoms. The van der Waals surface area contributed by atoms with Gasteiger partial charge in [0, 0.05) is 16.7 Å². The third-order valence-electron chi connectivity index (χ3n) is 2.12. The van der Waals surface area contributed by atoms with Gasteiger partial charge in [0.15, 0.2) is 0 Å². The van der Waals surface area contributed by atoms with E-state index in [9.17, 15) is 0 Å². The number of aromatic nitrogens is 1.